The Hall–Kier alpha value is -0.520. The smallest absolute Gasteiger partial charge is 0.145 e. The average molecular weight is 333 g/mol. The van der Waals surface area contributed by atoms with Crippen LogP contribution in [-0.2, 0) is 0 Å². The van der Waals surface area contributed by atoms with E-state index in [0.717, 1.165) is 6.42 Å². The van der Waals surface area contributed by atoms with Crippen LogP contribution in [0, 0.1) is 17.6 Å². The molecule has 0 saturated heterocycles. The van der Waals surface area contributed by atoms with Crippen LogP contribution < -0.4 is 11.3 Å². The molecule has 3 N–H and O–H groups in total. The second-order valence-electron chi connectivity index (χ2n) is 5.20. The molecule has 1 saturated carbocycles. The molecule has 0 radical (unpaired) electrons. The largest absolute Gasteiger partial charge is 0.271 e. The molecule has 2 rings (SSSR count). The van der Waals surface area contributed by atoms with Crippen molar-refractivity contribution in [1.82, 2.24) is 5.43 Å². The van der Waals surface area contributed by atoms with E-state index >= 15 is 0 Å². The Morgan fingerprint density at radius 2 is 2.00 bits per heavy atom. The summed E-state index contributed by atoms with van der Waals surface area (Å²) in [5.41, 5.74) is 2.59. The van der Waals surface area contributed by atoms with Gasteiger partial charge >= 0.3 is 0 Å². The summed E-state index contributed by atoms with van der Waals surface area (Å²) < 4.78 is 28.1. The number of benzene rings is 1. The first-order valence-electron chi connectivity index (χ1n) is 6.73. The summed E-state index contributed by atoms with van der Waals surface area (Å²) in [5.74, 6) is 5.05. The van der Waals surface area contributed by atoms with Crippen LogP contribution in [0.1, 0.15) is 50.1 Å². The van der Waals surface area contributed by atoms with Gasteiger partial charge in [0.15, 0.2) is 0 Å². The van der Waals surface area contributed by atoms with Gasteiger partial charge in [-0.15, -0.1) is 0 Å². The summed E-state index contributed by atoms with van der Waals surface area (Å²) in [7, 11) is 0. The maximum atomic E-state index is 14.0. The number of hydrogen-bond donors (Lipinski definition) is 2. The molecule has 1 atom stereocenters. The molecule has 5 heteroatoms. The molecule has 0 aliphatic heterocycles. The van der Waals surface area contributed by atoms with Gasteiger partial charge in [0.2, 0.25) is 0 Å². The first kappa shape index (κ1) is 14.9. The van der Waals surface area contributed by atoms with Crippen LogP contribution in [0.15, 0.2) is 16.6 Å². The van der Waals surface area contributed by atoms with E-state index < -0.39 is 17.7 Å². The number of nitrogens with one attached hydrogen (secondary N) is 1. The van der Waals surface area contributed by atoms with Crippen LogP contribution in [0.25, 0.3) is 0 Å². The number of rotatable bonds is 5. The minimum absolute atomic E-state index is 0.0369. The molecule has 0 aromatic heterocycles. The van der Waals surface area contributed by atoms with Crippen molar-refractivity contribution in [2.75, 3.05) is 0 Å². The maximum absolute atomic E-state index is 14.0. The third-order valence-electron chi connectivity index (χ3n) is 3.97. The van der Waals surface area contributed by atoms with Crippen LogP contribution in [-0.4, -0.2) is 0 Å². The Bertz CT molecular complexity index is 434. The highest BCUT2D eigenvalue weighted by molar-refractivity contribution is 9.10. The number of hydrogen-bond acceptors (Lipinski definition) is 2. The SMILES string of the molecule is NNC(CCC1CCCC1)c1c(F)ccc(Br)c1F. The zero-order valence-corrected chi connectivity index (χ0v) is 12.3. The van der Waals surface area contributed by atoms with E-state index in [2.05, 4.69) is 21.4 Å². The summed E-state index contributed by atoms with van der Waals surface area (Å²) in [6, 6.07) is 2.17. The first-order chi connectivity index (χ1) is 9.13. The molecule has 0 heterocycles. The molecular weight excluding hydrogens is 314 g/mol. The average Bonchev–Trinajstić information content (AvgIpc) is 2.91. The summed E-state index contributed by atoms with van der Waals surface area (Å²) in [5, 5.41) is 0. The molecule has 106 valence electrons. The first-order valence-corrected chi connectivity index (χ1v) is 7.52. The van der Waals surface area contributed by atoms with Crippen LogP contribution >= 0.6 is 15.9 Å². The predicted molar refractivity (Wildman–Crippen MR) is 75.3 cm³/mol. The Balaban J connectivity index is 2.10. The number of halogens is 3. The topological polar surface area (TPSA) is 38.0 Å². The monoisotopic (exact) mass is 332 g/mol. The van der Waals surface area contributed by atoms with E-state index in [4.69, 9.17) is 5.84 Å². The highest BCUT2D eigenvalue weighted by atomic mass is 79.9. The molecule has 0 bridgehead atoms. The quantitative estimate of drug-likeness (QED) is 0.481. The fraction of sp³-hybridized carbons (Fsp3) is 0.571. The fourth-order valence-electron chi connectivity index (χ4n) is 2.87. The van der Waals surface area contributed by atoms with Crippen molar-refractivity contribution in [2.45, 2.75) is 44.6 Å². The van der Waals surface area contributed by atoms with Gasteiger partial charge in [0, 0.05) is 5.56 Å². The van der Waals surface area contributed by atoms with Crippen molar-refractivity contribution in [2.24, 2.45) is 11.8 Å². The second kappa shape index (κ2) is 6.77. The number of nitrogens with two attached hydrogens (primary N) is 1. The van der Waals surface area contributed by atoms with Gasteiger partial charge < -0.3 is 0 Å². The Morgan fingerprint density at radius 1 is 1.32 bits per heavy atom. The van der Waals surface area contributed by atoms with Gasteiger partial charge in [-0.3, -0.25) is 11.3 Å². The molecule has 1 aromatic carbocycles. The molecule has 1 fully saturated rings. The van der Waals surface area contributed by atoms with E-state index in [-0.39, 0.29) is 10.0 Å². The lowest BCUT2D eigenvalue weighted by Crippen LogP contribution is -2.30. The minimum atomic E-state index is -0.561. The van der Waals surface area contributed by atoms with E-state index in [0.29, 0.717) is 12.3 Å². The normalized spacial score (nSPS) is 17.9. The van der Waals surface area contributed by atoms with Gasteiger partial charge in [0.05, 0.1) is 10.5 Å². The van der Waals surface area contributed by atoms with E-state index in [1.807, 2.05) is 0 Å². The Kier molecular flexibility index (Phi) is 5.30. The van der Waals surface area contributed by atoms with Gasteiger partial charge in [0.1, 0.15) is 11.6 Å². The predicted octanol–water partition coefficient (Wildman–Crippen LogP) is 4.20. The zero-order valence-electron chi connectivity index (χ0n) is 10.8. The summed E-state index contributed by atoms with van der Waals surface area (Å²) >= 11 is 3.08. The summed E-state index contributed by atoms with van der Waals surface area (Å²) in [6.45, 7) is 0. The molecule has 1 aromatic rings. The van der Waals surface area contributed by atoms with Crippen LogP contribution in [0.5, 0.6) is 0 Å². The highest BCUT2D eigenvalue weighted by Gasteiger charge is 2.23. The summed E-state index contributed by atoms with van der Waals surface area (Å²) in [6.07, 6.45) is 6.60. The fourth-order valence-corrected chi connectivity index (χ4v) is 3.22. The molecule has 1 aliphatic rings. The lowest BCUT2D eigenvalue weighted by Gasteiger charge is -2.20. The Labute approximate surface area is 120 Å². The van der Waals surface area contributed by atoms with Crippen molar-refractivity contribution >= 4 is 15.9 Å². The van der Waals surface area contributed by atoms with Crippen molar-refractivity contribution in [3.8, 4) is 0 Å². The molecule has 0 amide bonds. The van der Waals surface area contributed by atoms with E-state index in [9.17, 15) is 8.78 Å². The van der Waals surface area contributed by atoms with Gasteiger partial charge in [-0.25, -0.2) is 8.78 Å². The molecular formula is C14H19BrF2N2. The van der Waals surface area contributed by atoms with Crippen LogP contribution in [0.3, 0.4) is 0 Å². The third kappa shape index (κ3) is 3.52. The minimum Gasteiger partial charge on any atom is -0.271 e. The van der Waals surface area contributed by atoms with Crippen LogP contribution in [0.4, 0.5) is 8.78 Å². The molecule has 2 nitrogen and oxygen atoms in total. The zero-order chi connectivity index (χ0) is 13.8. The van der Waals surface area contributed by atoms with E-state index in [1.54, 1.807) is 0 Å². The highest BCUT2D eigenvalue weighted by Crippen LogP contribution is 2.33. The van der Waals surface area contributed by atoms with Crippen molar-refractivity contribution in [3.63, 3.8) is 0 Å². The standard InChI is InChI=1S/C14H19BrF2N2/c15-10-6-7-11(16)13(14(10)17)12(19-18)8-5-9-3-1-2-4-9/h6-7,9,12,19H,1-5,8,18H2. The van der Waals surface area contributed by atoms with Crippen molar-refractivity contribution < 1.29 is 8.78 Å². The number of hydrazine groups is 1. The van der Waals surface area contributed by atoms with Crippen molar-refractivity contribution in [1.29, 1.82) is 0 Å². The second-order valence-corrected chi connectivity index (χ2v) is 6.06. The lowest BCUT2D eigenvalue weighted by atomic mass is 9.94. The van der Waals surface area contributed by atoms with Gasteiger partial charge in [0.25, 0.3) is 0 Å². The Morgan fingerprint density at radius 3 is 2.63 bits per heavy atom. The van der Waals surface area contributed by atoms with Crippen LogP contribution in [0.2, 0.25) is 0 Å². The van der Waals surface area contributed by atoms with Gasteiger partial charge in [-0.2, -0.15) is 0 Å². The van der Waals surface area contributed by atoms with Gasteiger partial charge in [-0.1, -0.05) is 25.7 Å². The van der Waals surface area contributed by atoms with Gasteiger partial charge in [-0.05, 0) is 46.8 Å². The lowest BCUT2D eigenvalue weighted by molar-refractivity contribution is 0.394. The van der Waals surface area contributed by atoms with E-state index in [1.165, 1.54) is 37.8 Å². The molecule has 1 unspecified atom stereocenters. The molecule has 19 heavy (non-hydrogen) atoms. The molecule has 0 spiro atoms. The van der Waals surface area contributed by atoms with Crippen molar-refractivity contribution in [3.05, 3.63) is 33.8 Å². The molecule has 1 aliphatic carbocycles. The maximum Gasteiger partial charge on any atom is 0.145 e. The summed E-state index contributed by atoms with van der Waals surface area (Å²) in [4.78, 5) is 0. The third-order valence-corrected chi connectivity index (χ3v) is 4.58.